The molecule has 1 saturated carbocycles. The summed E-state index contributed by atoms with van der Waals surface area (Å²) < 4.78 is 12.3. The predicted molar refractivity (Wildman–Crippen MR) is 127 cm³/mol. The van der Waals surface area contributed by atoms with Gasteiger partial charge in [0, 0.05) is 31.7 Å². The number of carbonyl (C=O) groups excluding carboxylic acids is 2. The van der Waals surface area contributed by atoms with E-state index in [2.05, 4.69) is 27.9 Å². The Morgan fingerprint density at radius 2 is 2.03 bits per heavy atom. The molecule has 0 radical (unpaired) electrons. The summed E-state index contributed by atoms with van der Waals surface area (Å²) in [5, 5.41) is 23.0. The lowest BCUT2D eigenvalue weighted by atomic mass is 9.88. The van der Waals surface area contributed by atoms with Gasteiger partial charge in [0.15, 0.2) is 0 Å². The van der Waals surface area contributed by atoms with Gasteiger partial charge in [-0.1, -0.05) is 12.1 Å². The molecule has 32 heavy (non-hydrogen) atoms. The number of hydrogen-bond donors (Lipinski definition) is 3. The molecule has 2 aliphatic carbocycles. The van der Waals surface area contributed by atoms with Crippen LogP contribution in [0.2, 0.25) is 0 Å². The van der Waals surface area contributed by atoms with E-state index < -0.39 is 18.2 Å². The minimum absolute atomic E-state index is 0.0652. The number of amides is 2. The summed E-state index contributed by atoms with van der Waals surface area (Å²) in [6.07, 6.45) is 2.10. The first kappa shape index (κ1) is 24.9. The normalized spacial score (nSPS) is 22.8. The van der Waals surface area contributed by atoms with Crippen molar-refractivity contribution in [2.45, 2.75) is 44.4 Å². The van der Waals surface area contributed by atoms with Gasteiger partial charge in [-0.15, -0.1) is 0 Å². The molecule has 9 heteroatoms. The fourth-order valence-electron chi connectivity index (χ4n) is 3.74. The number of carbonyl (C=O) groups is 2. The van der Waals surface area contributed by atoms with Gasteiger partial charge in [-0.2, -0.15) is 0 Å². The molecule has 0 aromatic heterocycles. The van der Waals surface area contributed by atoms with E-state index in [1.54, 1.807) is 17.0 Å². The van der Waals surface area contributed by atoms with Gasteiger partial charge >= 0.3 is 0 Å². The van der Waals surface area contributed by atoms with Crippen molar-refractivity contribution >= 4 is 34.4 Å². The smallest absolute Gasteiger partial charge is 0.248 e. The summed E-state index contributed by atoms with van der Waals surface area (Å²) in [5.41, 5.74) is 0.426. The highest BCUT2D eigenvalue weighted by Crippen LogP contribution is 2.34. The number of ether oxygens (including phenoxy) is 2. The molecule has 0 heterocycles. The summed E-state index contributed by atoms with van der Waals surface area (Å²) in [5.74, 6) is 0.460. The number of aliphatic hydroxyl groups excluding tert-OH is 2. The zero-order valence-corrected chi connectivity index (χ0v) is 20.4. The topological polar surface area (TPSA) is 108 Å². The highest BCUT2D eigenvalue weighted by Gasteiger charge is 2.42. The third-order valence-corrected chi connectivity index (χ3v) is 6.51. The van der Waals surface area contributed by atoms with E-state index in [0.717, 1.165) is 16.4 Å². The van der Waals surface area contributed by atoms with Crippen LogP contribution in [0.3, 0.4) is 0 Å². The van der Waals surface area contributed by atoms with Crippen molar-refractivity contribution in [2.24, 2.45) is 5.92 Å². The number of para-hydroxylation sites is 1. The third kappa shape index (κ3) is 6.66. The number of hydrogen-bond acceptors (Lipinski definition) is 6. The molecule has 0 bridgehead atoms. The molecule has 1 aromatic rings. The first-order valence-electron chi connectivity index (χ1n) is 11.0. The van der Waals surface area contributed by atoms with E-state index in [1.807, 2.05) is 25.1 Å². The molecule has 0 aliphatic heterocycles. The maximum absolute atomic E-state index is 13.0. The summed E-state index contributed by atoms with van der Waals surface area (Å²) in [4.78, 5) is 27.4. The standard InChI is InChI=1S/C23H31IN2O6/c1-2-31-14-21(28)26(13-15-7-8-15)18-11-16(23(30)25-9-10-27)12-20(22(18)29)32-19-6-4-3-5-17(19)24/h3-6,12,15,18,20,22,27,29H,2,7-11,13-14H2,1H3,(H,25,30). The van der Waals surface area contributed by atoms with Crippen LogP contribution in [-0.4, -0.2) is 78.1 Å². The molecule has 3 atom stereocenters. The molecule has 8 nitrogen and oxygen atoms in total. The Bertz CT molecular complexity index is 828. The zero-order chi connectivity index (χ0) is 23.1. The third-order valence-electron chi connectivity index (χ3n) is 5.62. The Kier molecular flexibility index (Phi) is 9.33. The van der Waals surface area contributed by atoms with Crippen molar-refractivity contribution in [3.8, 4) is 5.75 Å². The van der Waals surface area contributed by atoms with Crippen LogP contribution in [0.25, 0.3) is 0 Å². The summed E-state index contributed by atoms with van der Waals surface area (Å²) >= 11 is 2.15. The Labute approximate surface area is 202 Å². The highest BCUT2D eigenvalue weighted by molar-refractivity contribution is 14.1. The van der Waals surface area contributed by atoms with Crippen LogP contribution in [-0.2, 0) is 14.3 Å². The van der Waals surface area contributed by atoms with Gasteiger partial charge in [0.2, 0.25) is 11.8 Å². The molecule has 2 aliphatic rings. The van der Waals surface area contributed by atoms with Crippen LogP contribution in [0.5, 0.6) is 5.75 Å². The minimum Gasteiger partial charge on any atom is -0.482 e. The van der Waals surface area contributed by atoms with E-state index >= 15 is 0 Å². The first-order chi connectivity index (χ1) is 15.4. The van der Waals surface area contributed by atoms with E-state index in [0.29, 0.717) is 30.4 Å². The number of aliphatic hydroxyl groups is 2. The molecule has 1 fully saturated rings. The van der Waals surface area contributed by atoms with E-state index in [-0.39, 0.29) is 38.0 Å². The highest BCUT2D eigenvalue weighted by atomic mass is 127. The largest absolute Gasteiger partial charge is 0.482 e. The van der Waals surface area contributed by atoms with Crippen LogP contribution >= 0.6 is 22.6 Å². The second-order valence-electron chi connectivity index (χ2n) is 8.07. The quantitative estimate of drug-likeness (QED) is 0.356. The second-order valence-corrected chi connectivity index (χ2v) is 9.24. The van der Waals surface area contributed by atoms with Crippen LogP contribution in [0.1, 0.15) is 26.2 Å². The summed E-state index contributed by atoms with van der Waals surface area (Å²) in [6, 6.07) is 6.82. The predicted octanol–water partition coefficient (Wildman–Crippen LogP) is 1.48. The van der Waals surface area contributed by atoms with Gasteiger partial charge in [0.05, 0.1) is 16.2 Å². The fourth-order valence-corrected chi connectivity index (χ4v) is 4.25. The van der Waals surface area contributed by atoms with Crippen molar-refractivity contribution in [3.05, 3.63) is 39.5 Å². The van der Waals surface area contributed by atoms with Crippen molar-refractivity contribution in [2.75, 3.05) is 32.9 Å². The number of nitrogens with one attached hydrogen (secondary N) is 1. The van der Waals surface area contributed by atoms with Gasteiger partial charge in [0.1, 0.15) is 24.6 Å². The molecular weight excluding hydrogens is 527 g/mol. The SMILES string of the molecule is CCOCC(=O)N(CC1CC1)C1CC(C(=O)NCCO)=CC(Oc2ccccc2I)C1O. The van der Waals surface area contributed by atoms with Gasteiger partial charge < -0.3 is 29.9 Å². The molecule has 3 rings (SSSR count). The average Bonchev–Trinajstić information content (AvgIpc) is 3.61. The Morgan fingerprint density at radius 3 is 2.69 bits per heavy atom. The Morgan fingerprint density at radius 1 is 1.28 bits per heavy atom. The molecule has 1 aromatic carbocycles. The number of nitrogens with zero attached hydrogens (tertiary/aromatic N) is 1. The molecule has 0 spiro atoms. The van der Waals surface area contributed by atoms with Gasteiger partial charge in [-0.25, -0.2) is 0 Å². The van der Waals surface area contributed by atoms with Crippen molar-refractivity contribution in [1.82, 2.24) is 10.2 Å². The first-order valence-corrected chi connectivity index (χ1v) is 12.1. The monoisotopic (exact) mass is 558 g/mol. The van der Waals surface area contributed by atoms with Crippen molar-refractivity contribution in [3.63, 3.8) is 0 Å². The van der Waals surface area contributed by atoms with Crippen LogP contribution in [0.15, 0.2) is 35.9 Å². The Hall–Kier alpha value is -1.69. The van der Waals surface area contributed by atoms with Gasteiger partial charge in [0.25, 0.3) is 0 Å². The lowest BCUT2D eigenvalue weighted by Crippen LogP contribution is -2.56. The van der Waals surface area contributed by atoms with Crippen molar-refractivity contribution in [1.29, 1.82) is 0 Å². The molecule has 3 unspecified atom stereocenters. The summed E-state index contributed by atoms with van der Waals surface area (Å²) in [6.45, 7) is 2.66. The van der Waals surface area contributed by atoms with E-state index in [1.165, 1.54) is 0 Å². The van der Waals surface area contributed by atoms with Crippen LogP contribution in [0.4, 0.5) is 0 Å². The Balaban J connectivity index is 1.88. The molecule has 3 N–H and O–H groups in total. The van der Waals surface area contributed by atoms with Gasteiger partial charge in [-0.05, 0) is 66.5 Å². The average molecular weight is 558 g/mol. The molecule has 0 saturated heterocycles. The van der Waals surface area contributed by atoms with E-state index in [9.17, 15) is 14.7 Å². The zero-order valence-electron chi connectivity index (χ0n) is 18.2. The second kappa shape index (κ2) is 12.0. The lowest BCUT2D eigenvalue weighted by Gasteiger charge is -2.40. The maximum Gasteiger partial charge on any atom is 0.248 e. The maximum atomic E-state index is 13.0. The number of halogens is 1. The number of benzene rings is 1. The molecule has 2 amide bonds. The summed E-state index contributed by atoms with van der Waals surface area (Å²) in [7, 11) is 0. The minimum atomic E-state index is -1.01. The van der Waals surface area contributed by atoms with Crippen LogP contribution in [0, 0.1) is 9.49 Å². The van der Waals surface area contributed by atoms with E-state index in [4.69, 9.17) is 14.6 Å². The van der Waals surface area contributed by atoms with Crippen LogP contribution < -0.4 is 10.1 Å². The molecular formula is C23H31IN2O6. The molecule has 176 valence electrons. The number of rotatable bonds is 11. The fraction of sp³-hybridized carbons (Fsp3) is 0.565. The lowest BCUT2D eigenvalue weighted by molar-refractivity contribution is -0.143. The van der Waals surface area contributed by atoms with Gasteiger partial charge in [-0.3, -0.25) is 9.59 Å². The van der Waals surface area contributed by atoms with Crippen molar-refractivity contribution < 1.29 is 29.3 Å².